The highest BCUT2D eigenvalue weighted by Crippen LogP contribution is 2.34. The van der Waals surface area contributed by atoms with Crippen LogP contribution in [-0.4, -0.2) is 31.9 Å². The molecule has 1 aliphatic rings. The zero-order chi connectivity index (χ0) is 15.8. The number of hydrogen-bond acceptors (Lipinski definition) is 3. The lowest BCUT2D eigenvalue weighted by Gasteiger charge is -2.30. The Balaban J connectivity index is 0.00000242. The van der Waals surface area contributed by atoms with Crippen LogP contribution in [0.1, 0.15) is 18.4 Å². The molecule has 2 N–H and O–H groups in total. The second-order valence-electron chi connectivity index (χ2n) is 4.91. The molecule has 0 aliphatic carbocycles. The summed E-state index contributed by atoms with van der Waals surface area (Å²) in [6.45, 7) is 0.303. The van der Waals surface area contributed by atoms with Crippen LogP contribution in [0.3, 0.4) is 0 Å². The summed E-state index contributed by atoms with van der Waals surface area (Å²) in [6.07, 6.45) is -3.38. The first kappa shape index (κ1) is 19.5. The summed E-state index contributed by atoms with van der Waals surface area (Å²) in [7, 11) is -4.09. The zero-order valence-corrected chi connectivity index (χ0v) is 13.7. The molecule has 1 aromatic rings. The monoisotopic (exact) mass is 378 g/mol. The standard InChI is InChI=1S/C12H14ClF3N2O2S.ClH/c13-10-4-3-8(12(14,15)16)6-11(10)21(19,20)18-5-1-2-9(17)7-18;/h3-4,6,9H,1-2,5,7,17H2;1H/t9-;/m1./s1. The highest BCUT2D eigenvalue weighted by molar-refractivity contribution is 7.89. The lowest BCUT2D eigenvalue weighted by molar-refractivity contribution is -0.137. The van der Waals surface area contributed by atoms with Crippen LogP contribution >= 0.6 is 24.0 Å². The van der Waals surface area contributed by atoms with Gasteiger partial charge in [-0.25, -0.2) is 8.42 Å². The van der Waals surface area contributed by atoms with Crippen LogP contribution in [0.15, 0.2) is 23.1 Å². The number of nitrogens with two attached hydrogens (primary N) is 1. The zero-order valence-electron chi connectivity index (χ0n) is 11.3. The Hall–Kier alpha value is -0.540. The maximum atomic E-state index is 12.7. The molecule has 0 radical (unpaired) electrons. The van der Waals surface area contributed by atoms with Crippen molar-refractivity contribution in [2.45, 2.75) is 30.0 Å². The Labute approximate surface area is 137 Å². The van der Waals surface area contributed by atoms with Gasteiger partial charge in [0.2, 0.25) is 10.0 Å². The van der Waals surface area contributed by atoms with E-state index in [1.165, 1.54) is 0 Å². The molecule has 1 aromatic carbocycles. The van der Waals surface area contributed by atoms with Crippen LogP contribution in [0, 0.1) is 0 Å². The number of benzene rings is 1. The van der Waals surface area contributed by atoms with E-state index in [-0.39, 0.29) is 36.6 Å². The van der Waals surface area contributed by atoms with E-state index < -0.39 is 26.7 Å². The molecule has 0 aromatic heterocycles. The summed E-state index contributed by atoms with van der Waals surface area (Å²) < 4.78 is 64.2. The van der Waals surface area contributed by atoms with E-state index in [1.54, 1.807) is 0 Å². The van der Waals surface area contributed by atoms with Crippen molar-refractivity contribution in [1.82, 2.24) is 4.31 Å². The third-order valence-electron chi connectivity index (χ3n) is 3.30. The minimum absolute atomic E-state index is 0. The van der Waals surface area contributed by atoms with Gasteiger partial charge in [-0.3, -0.25) is 0 Å². The fraction of sp³-hybridized carbons (Fsp3) is 0.500. The number of halogens is 5. The van der Waals surface area contributed by atoms with E-state index in [0.717, 1.165) is 16.4 Å². The van der Waals surface area contributed by atoms with E-state index in [1.807, 2.05) is 0 Å². The summed E-state index contributed by atoms with van der Waals surface area (Å²) in [5.41, 5.74) is 4.67. The Kier molecular flexibility index (Phi) is 6.14. The summed E-state index contributed by atoms with van der Waals surface area (Å²) in [5.74, 6) is 0. The van der Waals surface area contributed by atoms with Crippen molar-refractivity contribution in [3.05, 3.63) is 28.8 Å². The van der Waals surface area contributed by atoms with Crippen LogP contribution in [0.4, 0.5) is 13.2 Å². The molecule has 0 unspecified atom stereocenters. The van der Waals surface area contributed by atoms with Crippen molar-refractivity contribution in [3.63, 3.8) is 0 Å². The number of sulfonamides is 1. The van der Waals surface area contributed by atoms with Gasteiger partial charge in [0, 0.05) is 19.1 Å². The van der Waals surface area contributed by atoms with E-state index >= 15 is 0 Å². The quantitative estimate of drug-likeness (QED) is 0.860. The van der Waals surface area contributed by atoms with Crippen LogP contribution in [-0.2, 0) is 16.2 Å². The van der Waals surface area contributed by atoms with Gasteiger partial charge in [0.25, 0.3) is 0 Å². The predicted octanol–water partition coefficient (Wildman–Crippen LogP) is 2.89. The summed E-state index contributed by atoms with van der Waals surface area (Å²) in [5, 5.41) is -0.234. The van der Waals surface area contributed by atoms with Crippen LogP contribution in [0.2, 0.25) is 5.02 Å². The normalized spacial score (nSPS) is 20.5. The van der Waals surface area contributed by atoms with Crippen molar-refractivity contribution in [3.8, 4) is 0 Å². The second kappa shape index (κ2) is 6.92. The Morgan fingerprint density at radius 2 is 1.95 bits per heavy atom. The predicted molar refractivity (Wildman–Crippen MR) is 79.7 cm³/mol. The molecule has 22 heavy (non-hydrogen) atoms. The fourth-order valence-corrected chi connectivity index (χ4v) is 4.24. The average molecular weight is 379 g/mol. The van der Waals surface area contributed by atoms with Gasteiger partial charge < -0.3 is 5.73 Å². The van der Waals surface area contributed by atoms with Gasteiger partial charge in [-0.2, -0.15) is 17.5 Å². The number of nitrogens with zero attached hydrogens (tertiary/aromatic N) is 1. The molecule has 1 saturated heterocycles. The SMILES string of the molecule is Cl.N[C@@H]1CCCN(S(=O)(=O)c2cc(C(F)(F)F)ccc2Cl)C1. The first-order valence-electron chi connectivity index (χ1n) is 6.25. The minimum Gasteiger partial charge on any atom is -0.327 e. The van der Waals surface area contributed by atoms with Crippen LogP contribution in [0.5, 0.6) is 0 Å². The smallest absolute Gasteiger partial charge is 0.327 e. The fourth-order valence-electron chi connectivity index (χ4n) is 2.21. The highest BCUT2D eigenvalue weighted by atomic mass is 35.5. The summed E-state index contributed by atoms with van der Waals surface area (Å²) >= 11 is 5.78. The maximum Gasteiger partial charge on any atom is 0.416 e. The van der Waals surface area contributed by atoms with Gasteiger partial charge in [-0.1, -0.05) is 11.6 Å². The van der Waals surface area contributed by atoms with E-state index in [2.05, 4.69) is 0 Å². The molecular weight excluding hydrogens is 364 g/mol. The van der Waals surface area contributed by atoms with Crippen molar-refractivity contribution < 1.29 is 21.6 Å². The van der Waals surface area contributed by atoms with Gasteiger partial charge in [0.1, 0.15) is 4.90 Å². The Bertz CT molecular complexity index is 638. The van der Waals surface area contributed by atoms with E-state index in [4.69, 9.17) is 17.3 Å². The second-order valence-corrected chi connectivity index (χ2v) is 7.22. The molecule has 0 amide bonds. The van der Waals surface area contributed by atoms with Gasteiger partial charge in [-0.15, -0.1) is 12.4 Å². The first-order chi connectivity index (χ1) is 9.62. The molecule has 126 valence electrons. The Morgan fingerprint density at radius 1 is 1.32 bits per heavy atom. The molecule has 1 aliphatic heterocycles. The largest absolute Gasteiger partial charge is 0.416 e. The molecule has 2 rings (SSSR count). The minimum atomic E-state index is -4.63. The lowest BCUT2D eigenvalue weighted by atomic mass is 10.1. The topological polar surface area (TPSA) is 63.4 Å². The van der Waals surface area contributed by atoms with E-state index in [0.29, 0.717) is 18.9 Å². The molecule has 1 fully saturated rings. The molecule has 1 heterocycles. The molecule has 0 saturated carbocycles. The number of piperidine rings is 1. The molecule has 0 bridgehead atoms. The van der Waals surface area contributed by atoms with Gasteiger partial charge in [0.15, 0.2) is 0 Å². The van der Waals surface area contributed by atoms with Crippen molar-refractivity contribution in [2.75, 3.05) is 13.1 Å². The maximum absolute atomic E-state index is 12.7. The van der Waals surface area contributed by atoms with Crippen molar-refractivity contribution in [2.24, 2.45) is 5.73 Å². The molecule has 4 nitrogen and oxygen atoms in total. The molecule has 1 atom stereocenters. The first-order valence-corrected chi connectivity index (χ1v) is 8.06. The van der Waals surface area contributed by atoms with E-state index in [9.17, 15) is 21.6 Å². The summed E-state index contributed by atoms with van der Waals surface area (Å²) in [4.78, 5) is -0.534. The van der Waals surface area contributed by atoms with Gasteiger partial charge >= 0.3 is 6.18 Å². The Morgan fingerprint density at radius 3 is 2.50 bits per heavy atom. The van der Waals surface area contributed by atoms with Crippen LogP contribution < -0.4 is 5.73 Å². The third-order valence-corrected chi connectivity index (χ3v) is 5.64. The third kappa shape index (κ3) is 4.05. The molecular formula is C12H15Cl2F3N2O2S. The van der Waals surface area contributed by atoms with Crippen LogP contribution in [0.25, 0.3) is 0 Å². The highest BCUT2D eigenvalue weighted by Gasteiger charge is 2.35. The number of rotatable bonds is 2. The van der Waals surface area contributed by atoms with Gasteiger partial charge in [0.05, 0.1) is 10.6 Å². The van der Waals surface area contributed by atoms with Crippen molar-refractivity contribution in [1.29, 1.82) is 0 Å². The summed E-state index contributed by atoms with van der Waals surface area (Å²) in [6, 6.07) is 1.94. The number of alkyl halides is 3. The molecule has 10 heteroatoms. The average Bonchev–Trinajstić information content (AvgIpc) is 2.37. The van der Waals surface area contributed by atoms with Gasteiger partial charge in [-0.05, 0) is 31.0 Å². The lowest BCUT2D eigenvalue weighted by Crippen LogP contribution is -2.45. The van der Waals surface area contributed by atoms with Crippen molar-refractivity contribution >= 4 is 34.0 Å². The molecule has 0 spiro atoms. The number of hydrogen-bond donors (Lipinski definition) is 1.